The number of hydrogen-bond acceptors (Lipinski definition) is 2. The summed E-state index contributed by atoms with van der Waals surface area (Å²) in [5, 5.41) is 6.60. The number of carbonyl (C=O) groups excluding carboxylic acids is 1. The van der Waals surface area contributed by atoms with Gasteiger partial charge in [0, 0.05) is 32.4 Å². The first-order valence-corrected chi connectivity index (χ1v) is 6.88. The van der Waals surface area contributed by atoms with Gasteiger partial charge < -0.3 is 10.2 Å². The highest BCUT2D eigenvalue weighted by Crippen LogP contribution is 2.29. The van der Waals surface area contributed by atoms with Gasteiger partial charge in [-0.1, -0.05) is 12.1 Å². The third-order valence-corrected chi connectivity index (χ3v) is 3.22. The molecular weight excluding hydrogens is 309 g/mol. The van der Waals surface area contributed by atoms with Crippen LogP contribution < -0.4 is 5.32 Å². The van der Waals surface area contributed by atoms with E-state index in [1.807, 2.05) is 0 Å². The molecule has 0 saturated carbocycles. The van der Waals surface area contributed by atoms with Crippen molar-refractivity contribution in [2.45, 2.75) is 19.3 Å². The molecule has 0 aliphatic heterocycles. The molecule has 2 amide bonds. The van der Waals surface area contributed by atoms with E-state index in [0.29, 0.717) is 12.1 Å². The molecule has 1 aromatic heterocycles. The quantitative estimate of drug-likeness (QED) is 0.939. The van der Waals surface area contributed by atoms with Crippen molar-refractivity contribution < 1.29 is 18.0 Å². The highest BCUT2D eigenvalue weighted by atomic mass is 19.4. The van der Waals surface area contributed by atoms with Gasteiger partial charge in [0.25, 0.3) is 0 Å². The molecule has 23 heavy (non-hydrogen) atoms. The van der Waals surface area contributed by atoms with Crippen LogP contribution in [0.4, 0.5) is 18.0 Å². The second-order valence-electron chi connectivity index (χ2n) is 5.24. The van der Waals surface area contributed by atoms with Gasteiger partial charge in [-0.05, 0) is 17.7 Å². The molecule has 1 heterocycles. The van der Waals surface area contributed by atoms with Gasteiger partial charge in [0.2, 0.25) is 0 Å². The maximum absolute atomic E-state index is 12.6. The topological polar surface area (TPSA) is 50.2 Å². The molecule has 0 spiro atoms. The molecule has 1 aromatic carbocycles. The van der Waals surface area contributed by atoms with Crippen molar-refractivity contribution in [2.75, 3.05) is 7.05 Å². The molecule has 0 fully saturated rings. The number of alkyl halides is 3. The fraction of sp³-hybridized carbons (Fsp3) is 0.333. The van der Waals surface area contributed by atoms with E-state index in [0.717, 1.165) is 17.7 Å². The molecule has 2 rings (SSSR count). The molecule has 124 valence electrons. The number of urea groups is 1. The Morgan fingerprint density at radius 3 is 2.70 bits per heavy atom. The van der Waals surface area contributed by atoms with Gasteiger partial charge >= 0.3 is 12.2 Å². The Kier molecular flexibility index (Phi) is 4.92. The molecule has 8 heteroatoms. The highest BCUT2D eigenvalue weighted by molar-refractivity contribution is 5.73. The lowest BCUT2D eigenvalue weighted by Gasteiger charge is -2.17. The summed E-state index contributed by atoms with van der Waals surface area (Å²) in [4.78, 5) is 13.4. The van der Waals surface area contributed by atoms with E-state index in [2.05, 4.69) is 10.4 Å². The Balaban J connectivity index is 1.91. The van der Waals surface area contributed by atoms with Crippen molar-refractivity contribution in [1.82, 2.24) is 20.0 Å². The van der Waals surface area contributed by atoms with E-state index in [4.69, 9.17) is 0 Å². The summed E-state index contributed by atoms with van der Waals surface area (Å²) in [6.07, 6.45) is -0.954. The zero-order valence-electron chi connectivity index (χ0n) is 12.8. The van der Waals surface area contributed by atoms with E-state index in [9.17, 15) is 18.0 Å². The van der Waals surface area contributed by atoms with Gasteiger partial charge in [0.15, 0.2) is 0 Å². The van der Waals surface area contributed by atoms with Gasteiger partial charge in [-0.25, -0.2) is 4.79 Å². The summed E-state index contributed by atoms with van der Waals surface area (Å²) >= 11 is 0. The van der Waals surface area contributed by atoms with Crippen molar-refractivity contribution in [3.8, 4) is 0 Å². The molecule has 1 N–H and O–H groups in total. The number of aryl methyl sites for hydroxylation is 1. The lowest BCUT2D eigenvalue weighted by atomic mass is 10.1. The maximum atomic E-state index is 12.6. The fourth-order valence-electron chi connectivity index (χ4n) is 2.07. The van der Waals surface area contributed by atoms with Crippen LogP contribution in [-0.4, -0.2) is 27.8 Å². The Hall–Kier alpha value is -2.51. The largest absolute Gasteiger partial charge is 0.416 e. The molecule has 5 nitrogen and oxygen atoms in total. The van der Waals surface area contributed by atoms with Crippen molar-refractivity contribution in [1.29, 1.82) is 0 Å². The number of rotatable bonds is 4. The molecule has 0 atom stereocenters. The molecular formula is C15H17F3N4O. The van der Waals surface area contributed by atoms with Crippen molar-refractivity contribution in [3.05, 3.63) is 53.3 Å². The van der Waals surface area contributed by atoms with Crippen LogP contribution in [0.25, 0.3) is 0 Å². The summed E-state index contributed by atoms with van der Waals surface area (Å²) in [6.45, 7) is 0.391. The van der Waals surface area contributed by atoms with E-state index in [-0.39, 0.29) is 12.6 Å². The number of nitrogens with zero attached hydrogens (tertiary/aromatic N) is 3. The minimum absolute atomic E-state index is 0.0279. The zero-order valence-corrected chi connectivity index (χ0v) is 12.8. The first kappa shape index (κ1) is 16.9. The Morgan fingerprint density at radius 1 is 1.35 bits per heavy atom. The smallest absolute Gasteiger partial charge is 0.334 e. The van der Waals surface area contributed by atoms with Crippen LogP contribution in [0.15, 0.2) is 36.7 Å². The van der Waals surface area contributed by atoms with Crippen LogP contribution in [0.3, 0.4) is 0 Å². The standard InChI is InChI=1S/C15H17F3N4O/c1-21(9-12-8-20-22(2)10-12)14(23)19-7-11-4-3-5-13(6-11)15(16,17)18/h3-6,8,10H,7,9H2,1-2H3,(H,19,23). The Labute approximate surface area is 131 Å². The van der Waals surface area contributed by atoms with Crippen LogP contribution in [0.5, 0.6) is 0 Å². The molecule has 0 unspecified atom stereocenters. The first-order chi connectivity index (χ1) is 10.8. The number of amides is 2. The van der Waals surface area contributed by atoms with E-state index in [1.165, 1.54) is 17.0 Å². The Bertz CT molecular complexity index is 681. The SMILES string of the molecule is CN(Cc1cnn(C)c1)C(=O)NCc1cccc(C(F)(F)F)c1. The van der Waals surface area contributed by atoms with Gasteiger partial charge in [0.1, 0.15) is 0 Å². The third-order valence-electron chi connectivity index (χ3n) is 3.22. The number of aromatic nitrogens is 2. The second kappa shape index (κ2) is 6.72. The first-order valence-electron chi connectivity index (χ1n) is 6.88. The van der Waals surface area contributed by atoms with Crippen molar-refractivity contribution in [3.63, 3.8) is 0 Å². The average molecular weight is 326 g/mol. The number of nitrogens with one attached hydrogen (secondary N) is 1. The predicted octanol–water partition coefficient (Wildman–Crippen LogP) is 2.78. The predicted molar refractivity (Wildman–Crippen MR) is 78.4 cm³/mol. The van der Waals surface area contributed by atoms with Gasteiger partial charge in [-0.2, -0.15) is 18.3 Å². The Morgan fingerprint density at radius 2 is 2.09 bits per heavy atom. The molecule has 2 aromatic rings. The molecule has 0 saturated heterocycles. The molecule has 0 aliphatic rings. The number of benzene rings is 1. The van der Waals surface area contributed by atoms with Crippen LogP contribution in [0, 0.1) is 0 Å². The normalized spacial score (nSPS) is 11.3. The maximum Gasteiger partial charge on any atom is 0.416 e. The van der Waals surface area contributed by atoms with Crippen molar-refractivity contribution >= 4 is 6.03 Å². The molecule has 0 aliphatic carbocycles. The lowest BCUT2D eigenvalue weighted by Crippen LogP contribution is -2.36. The highest BCUT2D eigenvalue weighted by Gasteiger charge is 2.30. The number of carbonyl (C=O) groups is 1. The monoisotopic (exact) mass is 326 g/mol. The number of hydrogen-bond donors (Lipinski definition) is 1. The zero-order chi connectivity index (χ0) is 17.0. The number of halogens is 3. The minimum atomic E-state index is -4.39. The van der Waals surface area contributed by atoms with Gasteiger partial charge in [-0.3, -0.25) is 4.68 Å². The van der Waals surface area contributed by atoms with Gasteiger partial charge in [0.05, 0.1) is 18.3 Å². The average Bonchev–Trinajstić information content (AvgIpc) is 2.89. The van der Waals surface area contributed by atoms with E-state index >= 15 is 0 Å². The van der Waals surface area contributed by atoms with Gasteiger partial charge in [-0.15, -0.1) is 0 Å². The summed E-state index contributed by atoms with van der Waals surface area (Å²) in [5.41, 5.74) is 0.528. The van der Waals surface area contributed by atoms with Crippen LogP contribution in [-0.2, 0) is 26.3 Å². The van der Waals surface area contributed by atoms with Crippen LogP contribution >= 0.6 is 0 Å². The van der Waals surface area contributed by atoms with Crippen LogP contribution in [0.1, 0.15) is 16.7 Å². The molecule has 0 bridgehead atoms. The van der Waals surface area contributed by atoms with Crippen molar-refractivity contribution in [2.24, 2.45) is 7.05 Å². The lowest BCUT2D eigenvalue weighted by molar-refractivity contribution is -0.137. The summed E-state index contributed by atoms with van der Waals surface area (Å²) in [7, 11) is 3.38. The van der Waals surface area contributed by atoms with E-state index in [1.54, 1.807) is 31.2 Å². The summed E-state index contributed by atoms with van der Waals surface area (Å²) in [5.74, 6) is 0. The fourth-order valence-corrected chi connectivity index (χ4v) is 2.07. The third kappa shape index (κ3) is 4.73. The van der Waals surface area contributed by atoms with E-state index < -0.39 is 11.7 Å². The minimum Gasteiger partial charge on any atom is -0.334 e. The van der Waals surface area contributed by atoms with Crippen LogP contribution in [0.2, 0.25) is 0 Å². The molecule has 0 radical (unpaired) electrons. The summed E-state index contributed by atoms with van der Waals surface area (Å²) in [6, 6.07) is 4.52. The second-order valence-corrected chi connectivity index (χ2v) is 5.24. The summed E-state index contributed by atoms with van der Waals surface area (Å²) < 4.78 is 39.5.